The largest absolute Gasteiger partial charge is 0.325 e. The molecule has 0 aliphatic carbocycles. The molecule has 0 aliphatic rings. The van der Waals surface area contributed by atoms with Crippen molar-refractivity contribution in [3.8, 4) is 0 Å². The fourth-order valence-corrected chi connectivity index (χ4v) is 2.94. The van der Waals surface area contributed by atoms with Gasteiger partial charge in [-0.1, -0.05) is 34.7 Å². The molecule has 1 aromatic heterocycles. The van der Waals surface area contributed by atoms with Crippen molar-refractivity contribution in [2.24, 2.45) is 0 Å². The third-order valence-electron chi connectivity index (χ3n) is 1.96. The van der Waals surface area contributed by atoms with Gasteiger partial charge in [-0.2, -0.15) is 0 Å². The molecule has 18 heavy (non-hydrogen) atoms. The lowest BCUT2D eigenvalue weighted by Gasteiger charge is -2.03. The zero-order valence-corrected chi connectivity index (χ0v) is 11.9. The zero-order valence-electron chi connectivity index (χ0n) is 9.51. The van der Waals surface area contributed by atoms with E-state index >= 15 is 0 Å². The van der Waals surface area contributed by atoms with E-state index < -0.39 is 0 Å². The van der Waals surface area contributed by atoms with E-state index in [1.165, 1.54) is 23.1 Å². The first-order valence-electron chi connectivity index (χ1n) is 5.12. The fraction of sp³-hybridized carbons (Fsp3) is 0.182. The van der Waals surface area contributed by atoms with Crippen LogP contribution in [0.3, 0.4) is 0 Å². The van der Waals surface area contributed by atoms with Gasteiger partial charge in [0.15, 0.2) is 4.34 Å². The molecule has 1 heterocycles. The number of amides is 1. The number of carbonyl (C=O) groups excluding carboxylic acids is 1. The second-order valence-corrected chi connectivity index (χ2v) is 6.27. The lowest BCUT2D eigenvalue weighted by molar-refractivity contribution is -0.113. The summed E-state index contributed by atoms with van der Waals surface area (Å²) in [5.41, 5.74) is 0.735. The Bertz CT molecular complexity index is 541. The minimum atomic E-state index is -0.0739. The van der Waals surface area contributed by atoms with Crippen LogP contribution in [0.1, 0.15) is 5.01 Å². The summed E-state index contributed by atoms with van der Waals surface area (Å²) in [6.07, 6.45) is 0. The lowest BCUT2D eigenvalue weighted by Crippen LogP contribution is -2.13. The van der Waals surface area contributed by atoms with Crippen molar-refractivity contribution in [2.75, 3.05) is 11.1 Å². The number of hydrogen-bond donors (Lipinski definition) is 1. The van der Waals surface area contributed by atoms with E-state index in [9.17, 15) is 4.79 Å². The molecule has 94 valence electrons. The van der Waals surface area contributed by atoms with Gasteiger partial charge in [0, 0.05) is 10.7 Å². The van der Waals surface area contributed by atoms with Crippen LogP contribution < -0.4 is 5.32 Å². The quantitative estimate of drug-likeness (QED) is 0.881. The van der Waals surface area contributed by atoms with Crippen molar-refractivity contribution in [3.63, 3.8) is 0 Å². The summed E-state index contributed by atoms with van der Waals surface area (Å²) in [5, 5.41) is 12.2. The molecule has 1 N–H and O–H groups in total. The number of benzene rings is 1. The average molecular weight is 300 g/mol. The highest BCUT2D eigenvalue weighted by molar-refractivity contribution is 8.01. The Kier molecular flexibility index (Phi) is 4.57. The number of carbonyl (C=O) groups is 1. The van der Waals surface area contributed by atoms with Gasteiger partial charge in [0.25, 0.3) is 0 Å². The number of hydrogen-bond acceptors (Lipinski definition) is 5. The molecule has 0 bridgehead atoms. The van der Waals surface area contributed by atoms with Crippen LogP contribution >= 0.6 is 34.7 Å². The summed E-state index contributed by atoms with van der Waals surface area (Å²) in [6.45, 7) is 1.88. The summed E-state index contributed by atoms with van der Waals surface area (Å²) in [7, 11) is 0. The van der Waals surface area contributed by atoms with Crippen molar-refractivity contribution in [2.45, 2.75) is 11.3 Å². The van der Waals surface area contributed by atoms with Gasteiger partial charge in [-0.25, -0.2) is 0 Å². The summed E-state index contributed by atoms with van der Waals surface area (Å²) in [4.78, 5) is 11.7. The molecule has 0 unspecified atom stereocenters. The molecular formula is C11H10ClN3OS2. The van der Waals surface area contributed by atoms with E-state index in [2.05, 4.69) is 15.5 Å². The van der Waals surface area contributed by atoms with E-state index in [1.54, 1.807) is 24.3 Å². The Labute approximate surface area is 118 Å². The minimum absolute atomic E-state index is 0.0739. The van der Waals surface area contributed by atoms with Gasteiger partial charge in [-0.05, 0) is 31.2 Å². The maximum Gasteiger partial charge on any atom is 0.234 e. The smallest absolute Gasteiger partial charge is 0.234 e. The first kappa shape index (κ1) is 13.3. The van der Waals surface area contributed by atoms with Crippen molar-refractivity contribution in [3.05, 3.63) is 34.3 Å². The third kappa shape index (κ3) is 3.97. The molecule has 0 saturated carbocycles. The Morgan fingerprint density at radius 3 is 2.72 bits per heavy atom. The van der Waals surface area contributed by atoms with Gasteiger partial charge in [-0.3, -0.25) is 4.79 Å². The van der Waals surface area contributed by atoms with Crippen LogP contribution in [-0.4, -0.2) is 21.9 Å². The van der Waals surface area contributed by atoms with Gasteiger partial charge in [0.05, 0.1) is 5.75 Å². The number of rotatable bonds is 4. The Balaban J connectivity index is 1.83. The molecular weight excluding hydrogens is 290 g/mol. The molecule has 0 spiro atoms. The third-order valence-corrected chi connectivity index (χ3v) is 4.19. The highest BCUT2D eigenvalue weighted by Gasteiger charge is 2.06. The second kappa shape index (κ2) is 6.17. The minimum Gasteiger partial charge on any atom is -0.325 e. The van der Waals surface area contributed by atoms with Crippen LogP contribution in [0.25, 0.3) is 0 Å². The molecule has 0 saturated heterocycles. The predicted molar refractivity (Wildman–Crippen MR) is 75.5 cm³/mol. The van der Waals surface area contributed by atoms with Gasteiger partial charge in [0.2, 0.25) is 5.91 Å². The molecule has 0 radical (unpaired) electrons. The van der Waals surface area contributed by atoms with Gasteiger partial charge < -0.3 is 5.32 Å². The molecule has 0 atom stereocenters. The van der Waals surface area contributed by atoms with Crippen LogP contribution in [0.15, 0.2) is 28.6 Å². The van der Waals surface area contributed by atoms with Crippen LogP contribution in [0, 0.1) is 6.92 Å². The van der Waals surface area contributed by atoms with Gasteiger partial charge in [-0.15, -0.1) is 10.2 Å². The summed E-state index contributed by atoms with van der Waals surface area (Å²) < 4.78 is 0.804. The highest BCUT2D eigenvalue weighted by Crippen LogP contribution is 2.22. The molecule has 0 fully saturated rings. The fourth-order valence-electron chi connectivity index (χ4n) is 1.19. The average Bonchev–Trinajstić information content (AvgIpc) is 2.76. The van der Waals surface area contributed by atoms with Crippen LogP contribution in [0.5, 0.6) is 0 Å². The van der Waals surface area contributed by atoms with Crippen LogP contribution in [0.2, 0.25) is 5.02 Å². The normalized spacial score (nSPS) is 10.3. The number of anilines is 1. The van der Waals surface area contributed by atoms with Crippen molar-refractivity contribution in [1.82, 2.24) is 10.2 Å². The maximum absolute atomic E-state index is 11.7. The maximum atomic E-state index is 11.7. The van der Waals surface area contributed by atoms with E-state index in [0.717, 1.165) is 15.0 Å². The van der Waals surface area contributed by atoms with Crippen LogP contribution in [0.4, 0.5) is 5.69 Å². The number of nitrogens with one attached hydrogen (secondary N) is 1. The number of nitrogens with zero attached hydrogens (tertiary/aromatic N) is 2. The predicted octanol–water partition coefficient (Wildman–Crippen LogP) is 3.23. The Morgan fingerprint density at radius 2 is 2.11 bits per heavy atom. The lowest BCUT2D eigenvalue weighted by atomic mass is 10.3. The Hall–Kier alpha value is -1.11. The molecule has 1 aromatic carbocycles. The Morgan fingerprint density at radius 1 is 1.39 bits per heavy atom. The monoisotopic (exact) mass is 299 g/mol. The first-order valence-corrected chi connectivity index (χ1v) is 7.30. The molecule has 4 nitrogen and oxygen atoms in total. The number of aryl methyl sites for hydroxylation is 1. The van der Waals surface area contributed by atoms with Crippen molar-refractivity contribution >= 4 is 46.3 Å². The summed E-state index contributed by atoms with van der Waals surface area (Å²) >= 11 is 8.62. The number of aromatic nitrogens is 2. The van der Waals surface area contributed by atoms with Crippen molar-refractivity contribution in [1.29, 1.82) is 0 Å². The van der Waals surface area contributed by atoms with Crippen LogP contribution in [-0.2, 0) is 4.79 Å². The van der Waals surface area contributed by atoms with E-state index in [0.29, 0.717) is 10.8 Å². The van der Waals surface area contributed by atoms with Gasteiger partial charge >= 0.3 is 0 Å². The first-order chi connectivity index (χ1) is 8.63. The summed E-state index contributed by atoms with van der Waals surface area (Å²) in [5.74, 6) is 0.243. The molecule has 2 aromatic rings. The molecule has 0 aliphatic heterocycles. The van der Waals surface area contributed by atoms with Crippen molar-refractivity contribution < 1.29 is 4.79 Å². The molecule has 1 amide bonds. The van der Waals surface area contributed by atoms with Gasteiger partial charge in [0.1, 0.15) is 5.01 Å². The van der Waals surface area contributed by atoms with E-state index in [1.807, 2.05) is 6.92 Å². The SMILES string of the molecule is Cc1nnc(SCC(=O)Nc2ccc(Cl)cc2)s1. The van der Waals surface area contributed by atoms with E-state index in [4.69, 9.17) is 11.6 Å². The highest BCUT2D eigenvalue weighted by atomic mass is 35.5. The molecule has 7 heteroatoms. The summed E-state index contributed by atoms with van der Waals surface area (Å²) in [6, 6.07) is 7.00. The number of thioether (sulfide) groups is 1. The zero-order chi connectivity index (χ0) is 13.0. The topological polar surface area (TPSA) is 54.9 Å². The molecule has 2 rings (SSSR count). The standard InChI is InChI=1S/C11H10ClN3OS2/c1-7-14-15-11(18-7)17-6-10(16)13-9-4-2-8(12)3-5-9/h2-5H,6H2,1H3,(H,13,16). The van der Waals surface area contributed by atoms with E-state index in [-0.39, 0.29) is 5.91 Å². The number of halogens is 1. The second-order valence-electron chi connectivity index (χ2n) is 3.43.